The number of hydrogen-bond acceptors (Lipinski definition) is 3. The lowest BCUT2D eigenvalue weighted by molar-refractivity contribution is 0.436. The third-order valence-electron chi connectivity index (χ3n) is 11.0. The predicted octanol–water partition coefficient (Wildman–Crippen LogP) is 11.6. The van der Waals surface area contributed by atoms with Gasteiger partial charge in [0.25, 0.3) is 0 Å². The van der Waals surface area contributed by atoms with Gasteiger partial charge in [-0.1, -0.05) is 121 Å². The van der Waals surface area contributed by atoms with E-state index in [2.05, 4.69) is 168 Å². The van der Waals surface area contributed by atoms with Gasteiger partial charge in [0.15, 0.2) is 0 Å². The van der Waals surface area contributed by atoms with Crippen molar-refractivity contribution in [3.63, 3.8) is 0 Å². The molecule has 9 aromatic rings. The lowest BCUT2D eigenvalue weighted by Crippen LogP contribution is -2.32. The van der Waals surface area contributed by atoms with Crippen LogP contribution in [0.3, 0.4) is 0 Å². The summed E-state index contributed by atoms with van der Waals surface area (Å²) < 4.78 is 8.94. The first kappa shape index (κ1) is 28.9. The highest BCUT2D eigenvalue weighted by Gasteiger charge is 2.51. The van der Waals surface area contributed by atoms with E-state index in [1.807, 2.05) is 12.1 Å². The highest BCUT2D eigenvalue weighted by molar-refractivity contribution is 5.98. The van der Waals surface area contributed by atoms with Crippen molar-refractivity contribution in [1.29, 1.82) is 0 Å². The predicted molar refractivity (Wildman–Crippen MR) is 211 cm³/mol. The standard InChI is InChI=1S/C48H31N3O/c49-34-24-22-31(23-25-34)36-12-9-15-41-46(36)37-29-35(26-27-38(37)48(41)39-13-3-7-18-44(39)52-45-19-8-4-14-40(45)48)51-43-17-6-5-16-42(43)50-47(51)33-21-20-30-10-1-2-11-32(30)28-33/h1-29H,49H2. The van der Waals surface area contributed by atoms with Gasteiger partial charge in [0.1, 0.15) is 17.3 Å². The molecule has 0 bridgehead atoms. The van der Waals surface area contributed by atoms with E-state index in [-0.39, 0.29) is 0 Å². The van der Waals surface area contributed by atoms with E-state index in [4.69, 9.17) is 15.5 Å². The highest BCUT2D eigenvalue weighted by atomic mass is 16.5. The Bertz CT molecular complexity index is 2860. The zero-order valence-electron chi connectivity index (χ0n) is 28.1. The molecule has 2 N–H and O–H groups in total. The summed E-state index contributed by atoms with van der Waals surface area (Å²) in [5.41, 5.74) is 19.9. The first-order chi connectivity index (χ1) is 25.7. The summed E-state index contributed by atoms with van der Waals surface area (Å²) >= 11 is 0. The number of nitrogens with zero attached hydrogens (tertiary/aromatic N) is 2. The largest absolute Gasteiger partial charge is 0.457 e. The highest BCUT2D eigenvalue weighted by Crippen LogP contribution is 2.63. The molecule has 0 fully saturated rings. The van der Waals surface area contributed by atoms with Crippen LogP contribution >= 0.6 is 0 Å². The molecule has 4 heteroatoms. The fourth-order valence-electron chi connectivity index (χ4n) is 8.79. The number of hydrogen-bond donors (Lipinski definition) is 1. The van der Waals surface area contributed by atoms with E-state index in [1.54, 1.807) is 0 Å². The molecule has 0 atom stereocenters. The number of nitrogens with two attached hydrogens (primary N) is 1. The second kappa shape index (κ2) is 10.8. The molecule has 0 amide bonds. The van der Waals surface area contributed by atoms with Gasteiger partial charge in [-0.3, -0.25) is 4.57 Å². The molecule has 52 heavy (non-hydrogen) atoms. The van der Waals surface area contributed by atoms with Gasteiger partial charge in [-0.25, -0.2) is 4.98 Å². The van der Waals surface area contributed by atoms with Crippen LogP contribution < -0.4 is 10.5 Å². The SMILES string of the molecule is Nc1ccc(-c2cccc3c2-c2cc(-n4c(-c5ccc6ccccc6c5)nc5ccccc54)ccc2C32c3ccccc3Oc3ccccc32)cc1. The minimum Gasteiger partial charge on any atom is -0.457 e. The van der Waals surface area contributed by atoms with Crippen molar-refractivity contribution in [2.45, 2.75) is 5.41 Å². The van der Waals surface area contributed by atoms with E-state index >= 15 is 0 Å². The van der Waals surface area contributed by atoms with Gasteiger partial charge >= 0.3 is 0 Å². The Balaban J connectivity index is 1.24. The van der Waals surface area contributed by atoms with Gasteiger partial charge < -0.3 is 10.5 Å². The van der Waals surface area contributed by atoms with Crippen LogP contribution in [-0.2, 0) is 5.41 Å². The zero-order chi connectivity index (χ0) is 34.4. The molecule has 1 spiro atoms. The normalized spacial score (nSPS) is 13.4. The van der Waals surface area contributed by atoms with Crippen LogP contribution in [0.5, 0.6) is 11.5 Å². The fraction of sp³-hybridized carbons (Fsp3) is 0.0208. The van der Waals surface area contributed by atoms with E-state index in [1.165, 1.54) is 38.6 Å². The van der Waals surface area contributed by atoms with Crippen LogP contribution in [0.2, 0.25) is 0 Å². The van der Waals surface area contributed by atoms with Crippen molar-refractivity contribution in [3.05, 3.63) is 198 Å². The van der Waals surface area contributed by atoms with Gasteiger partial charge in [0.2, 0.25) is 0 Å². The molecule has 244 valence electrons. The number of nitrogen functional groups attached to an aromatic ring is 1. The molecular formula is C48H31N3O. The van der Waals surface area contributed by atoms with E-state index in [9.17, 15) is 0 Å². The Labute approximate surface area is 301 Å². The number of ether oxygens (including phenoxy) is 1. The van der Waals surface area contributed by atoms with Gasteiger partial charge in [-0.15, -0.1) is 0 Å². The van der Waals surface area contributed by atoms with Crippen LogP contribution in [0.25, 0.3) is 61.1 Å². The lowest BCUT2D eigenvalue weighted by atomic mass is 9.66. The second-order valence-corrected chi connectivity index (χ2v) is 13.7. The average molecular weight is 666 g/mol. The molecule has 1 aromatic heterocycles. The molecule has 0 saturated heterocycles. The van der Waals surface area contributed by atoms with E-state index in [0.717, 1.165) is 62.0 Å². The summed E-state index contributed by atoms with van der Waals surface area (Å²) in [6.45, 7) is 0. The van der Waals surface area contributed by atoms with Crippen molar-refractivity contribution in [2.24, 2.45) is 0 Å². The van der Waals surface area contributed by atoms with Crippen molar-refractivity contribution >= 4 is 27.5 Å². The fourth-order valence-corrected chi connectivity index (χ4v) is 8.79. The van der Waals surface area contributed by atoms with Gasteiger partial charge in [-0.05, 0) is 98.8 Å². The molecule has 4 nitrogen and oxygen atoms in total. The van der Waals surface area contributed by atoms with Crippen LogP contribution in [0.15, 0.2) is 176 Å². The van der Waals surface area contributed by atoms with Crippen LogP contribution in [0.4, 0.5) is 5.69 Å². The van der Waals surface area contributed by atoms with Crippen LogP contribution in [-0.4, -0.2) is 9.55 Å². The van der Waals surface area contributed by atoms with Crippen molar-refractivity contribution in [1.82, 2.24) is 9.55 Å². The maximum absolute atomic E-state index is 6.62. The summed E-state index contributed by atoms with van der Waals surface area (Å²) in [7, 11) is 0. The summed E-state index contributed by atoms with van der Waals surface area (Å²) in [4.78, 5) is 5.25. The number of fused-ring (bicyclic) bond motifs is 11. The Morgan fingerprint density at radius 3 is 1.98 bits per heavy atom. The summed E-state index contributed by atoms with van der Waals surface area (Å²) in [5.74, 6) is 2.66. The first-order valence-electron chi connectivity index (χ1n) is 17.7. The first-order valence-corrected chi connectivity index (χ1v) is 17.7. The summed E-state index contributed by atoms with van der Waals surface area (Å²) in [5, 5.41) is 2.40. The molecule has 1 aliphatic carbocycles. The number of rotatable bonds is 3. The van der Waals surface area contributed by atoms with Gasteiger partial charge in [0, 0.05) is 28.1 Å². The minimum absolute atomic E-state index is 0.587. The number of anilines is 1. The van der Waals surface area contributed by atoms with Gasteiger partial charge in [0.05, 0.1) is 16.4 Å². The second-order valence-electron chi connectivity index (χ2n) is 13.7. The maximum Gasteiger partial charge on any atom is 0.145 e. The molecule has 11 rings (SSSR count). The monoisotopic (exact) mass is 665 g/mol. The molecule has 0 radical (unpaired) electrons. The smallest absolute Gasteiger partial charge is 0.145 e. The Morgan fingerprint density at radius 2 is 1.17 bits per heavy atom. The third kappa shape index (κ3) is 3.95. The number of imidazole rings is 1. The summed E-state index contributed by atoms with van der Waals surface area (Å²) in [6, 6.07) is 62.5. The molecule has 2 aliphatic rings. The molecule has 0 unspecified atom stereocenters. The maximum atomic E-state index is 6.62. The number of para-hydroxylation sites is 4. The topological polar surface area (TPSA) is 53.1 Å². The van der Waals surface area contributed by atoms with Crippen molar-refractivity contribution in [3.8, 4) is 50.8 Å². The van der Waals surface area contributed by atoms with Gasteiger partial charge in [-0.2, -0.15) is 0 Å². The molecule has 0 saturated carbocycles. The molecule has 8 aromatic carbocycles. The third-order valence-corrected chi connectivity index (χ3v) is 11.0. The van der Waals surface area contributed by atoms with Crippen LogP contribution in [0.1, 0.15) is 22.3 Å². The Kier molecular flexibility index (Phi) is 5.99. The molecule has 1 aliphatic heterocycles. The average Bonchev–Trinajstić information content (AvgIpc) is 3.73. The van der Waals surface area contributed by atoms with E-state index < -0.39 is 5.41 Å². The number of benzene rings is 8. The van der Waals surface area contributed by atoms with E-state index in [0.29, 0.717) is 0 Å². The zero-order valence-corrected chi connectivity index (χ0v) is 28.1. The van der Waals surface area contributed by atoms with Crippen molar-refractivity contribution < 1.29 is 4.74 Å². The molecule has 2 heterocycles. The summed E-state index contributed by atoms with van der Waals surface area (Å²) in [6.07, 6.45) is 0. The Hall–Kier alpha value is -6.91. The minimum atomic E-state index is -0.587. The van der Waals surface area contributed by atoms with Crippen molar-refractivity contribution in [2.75, 3.05) is 5.73 Å². The number of aromatic nitrogens is 2. The Morgan fingerprint density at radius 1 is 0.500 bits per heavy atom. The molecular weight excluding hydrogens is 635 g/mol. The lowest BCUT2D eigenvalue weighted by Gasteiger charge is -2.39. The van der Waals surface area contributed by atoms with Crippen LogP contribution in [0, 0.1) is 0 Å². The quantitative estimate of drug-likeness (QED) is 0.191.